The van der Waals surface area contributed by atoms with E-state index in [4.69, 9.17) is 5.73 Å². The highest BCUT2D eigenvalue weighted by molar-refractivity contribution is 7.80. The fourth-order valence-electron chi connectivity index (χ4n) is 0.576. The third-order valence-corrected chi connectivity index (χ3v) is 1.70. The molecule has 0 aromatic carbocycles. The molecule has 0 saturated carbocycles. The molecule has 0 aromatic rings. The van der Waals surface area contributed by atoms with Gasteiger partial charge in [-0.1, -0.05) is 0 Å². The predicted octanol–water partition coefficient (Wildman–Crippen LogP) is -0.661. The lowest BCUT2D eigenvalue weighted by Crippen LogP contribution is -2.42. The smallest absolute Gasteiger partial charge is 0.237 e. The van der Waals surface area contributed by atoms with E-state index in [1.807, 2.05) is 0 Å². The molecule has 4 nitrogen and oxygen atoms in total. The van der Waals surface area contributed by atoms with Crippen LogP contribution in [0.3, 0.4) is 0 Å². The van der Waals surface area contributed by atoms with Gasteiger partial charge in [0, 0.05) is 18.7 Å². The number of thiol groups is 1. The van der Waals surface area contributed by atoms with E-state index >= 15 is 0 Å². The van der Waals surface area contributed by atoms with Crippen molar-refractivity contribution in [2.24, 2.45) is 5.73 Å². The zero-order chi connectivity index (χ0) is 9.56. The van der Waals surface area contributed by atoms with E-state index < -0.39 is 6.04 Å². The van der Waals surface area contributed by atoms with Gasteiger partial charge >= 0.3 is 0 Å². The topological polar surface area (TPSA) is 72.2 Å². The molecule has 0 saturated heterocycles. The van der Waals surface area contributed by atoms with Gasteiger partial charge < -0.3 is 11.1 Å². The van der Waals surface area contributed by atoms with E-state index in [-0.39, 0.29) is 11.7 Å². The van der Waals surface area contributed by atoms with Crippen LogP contribution < -0.4 is 11.1 Å². The van der Waals surface area contributed by atoms with Crippen LogP contribution in [0.5, 0.6) is 0 Å². The number of ketones is 1. The van der Waals surface area contributed by atoms with Crippen LogP contribution in [0.1, 0.15) is 13.3 Å². The third kappa shape index (κ3) is 5.15. The second-order valence-corrected chi connectivity index (χ2v) is 2.90. The molecule has 0 aliphatic rings. The van der Waals surface area contributed by atoms with Crippen LogP contribution in [0.4, 0.5) is 0 Å². The van der Waals surface area contributed by atoms with Gasteiger partial charge in [-0.25, -0.2) is 0 Å². The van der Waals surface area contributed by atoms with Crippen LogP contribution in [-0.4, -0.2) is 30.0 Å². The van der Waals surface area contributed by atoms with Crippen molar-refractivity contribution in [3.05, 3.63) is 0 Å². The summed E-state index contributed by atoms with van der Waals surface area (Å²) < 4.78 is 0. The first-order valence-corrected chi connectivity index (χ1v) is 4.34. The Morgan fingerprint density at radius 1 is 1.58 bits per heavy atom. The summed E-state index contributed by atoms with van der Waals surface area (Å²) in [5.74, 6) is 0.104. The van der Waals surface area contributed by atoms with Crippen molar-refractivity contribution in [2.45, 2.75) is 19.4 Å². The van der Waals surface area contributed by atoms with E-state index in [0.717, 1.165) is 0 Å². The maximum absolute atomic E-state index is 11.0. The van der Waals surface area contributed by atoms with Crippen LogP contribution in [0.15, 0.2) is 0 Å². The SMILES string of the molecule is CC(=O)CCNC(=O)[C@@H](N)CS. The Morgan fingerprint density at radius 2 is 2.17 bits per heavy atom. The molecule has 5 heteroatoms. The number of nitrogens with one attached hydrogen (secondary N) is 1. The first-order valence-electron chi connectivity index (χ1n) is 3.71. The summed E-state index contributed by atoms with van der Waals surface area (Å²) in [5, 5.41) is 2.53. The average Bonchev–Trinajstić information content (AvgIpc) is 2.02. The minimum atomic E-state index is -0.583. The van der Waals surface area contributed by atoms with Crippen LogP contribution in [0.25, 0.3) is 0 Å². The van der Waals surface area contributed by atoms with Crippen molar-refractivity contribution >= 4 is 24.3 Å². The second-order valence-electron chi connectivity index (χ2n) is 2.53. The normalized spacial score (nSPS) is 12.2. The molecule has 12 heavy (non-hydrogen) atoms. The number of hydrogen-bond donors (Lipinski definition) is 3. The average molecular weight is 190 g/mol. The van der Waals surface area contributed by atoms with Gasteiger partial charge in [-0.2, -0.15) is 12.6 Å². The van der Waals surface area contributed by atoms with Crippen molar-refractivity contribution in [3.63, 3.8) is 0 Å². The number of nitrogens with two attached hydrogens (primary N) is 1. The van der Waals surface area contributed by atoms with Gasteiger partial charge in [0.1, 0.15) is 5.78 Å². The molecule has 0 aliphatic heterocycles. The number of Topliss-reactive ketones (excluding diaryl/α,β-unsaturated/α-hetero) is 1. The minimum absolute atomic E-state index is 0.0507. The first kappa shape index (κ1) is 11.4. The highest BCUT2D eigenvalue weighted by atomic mass is 32.1. The van der Waals surface area contributed by atoms with Crippen molar-refractivity contribution in [1.82, 2.24) is 5.32 Å². The van der Waals surface area contributed by atoms with E-state index in [1.54, 1.807) is 0 Å². The Balaban J connectivity index is 3.50. The standard InChI is InChI=1S/C7H14N2O2S/c1-5(10)2-3-9-7(11)6(8)4-12/h6,12H,2-4,8H2,1H3,(H,9,11)/t6-/m0/s1. The quantitative estimate of drug-likeness (QED) is 0.504. The third-order valence-electron chi connectivity index (χ3n) is 1.31. The molecule has 0 unspecified atom stereocenters. The lowest BCUT2D eigenvalue weighted by Gasteiger charge is -2.08. The summed E-state index contributed by atoms with van der Waals surface area (Å²) in [6.07, 6.45) is 0.352. The fraction of sp³-hybridized carbons (Fsp3) is 0.714. The van der Waals surface area contributed by atoms with Gasteiger partial charge in [0.15, 0.2) is 0 Å². The van der Waals surface area contributed by atoms with Crippen LogP contribution >= 0.6 is 12.6 Å². The summed E-state index contributed by atoms with van der Waals surface area (Å²) in [6.45, 7) is 1.83. The molecule has 3 N–H and O–H groups in total. The highest BCUT2D eigenvalue weighted by Crippen LogP contribution is 1.84. The lowest BCUT2D eigenvalue weighted by molar-refractivity contribution is -0.122. The Kier molecular flexibility index (Phi) is 5.74. The van der Waals surface area contributed by atoms with Gasteiger partial charge in [-0.05, 0) is 6.92 Å². The van der Waals surface area contributed by atoms with Gasteiger partial charge in [0.2, 0.25) is 5.91 Å². The van der Waals surface area contributed by atoms with Gasteiger partial charge in [-0.3, -0.25) is 9.59 Å². The summed E-state index contributed by atoms with van der Waals surface area (Å²) >= 11 is 3.86. The Labute approximate surface area is 77.3 Å². The maximum Gasteiger partial charge on any atom is 0.237 e. The largest absolute Gasteiger partial charge is 0.354 e. The summed E-state index contributed by atoms with van der Waals surface area (Å²) in [4.78, 5) is 21.4. The van der Waals surface area contributed by atoms with Gasteiger partial charge in [0.05, 0.1) is 6.04 Å². The molecule has 0 fully saturated rings. The second kappa shape index (κ2) is 6.02. The minimum Gasteiger partial charge on any atom is -0.354 e. The van der Waals surface area contributed by atoms with Crippen LogP contribution in [0.2, 0.25) is 0 Å². The number of carbonyl (C=O) groups is 2. The zero-order valence-corrected chi connectivity index (χ0v) is 7.93. The predicted molar refractivity (Wildman–Crippen MR) is 50.1 cm³/mol. The number of amides is 1. The molecule has 0 aliphatic carbocycles. The molecule has 0 radical (unpaired) electrons. The summed E-state index contributed by atoms with van der Waals surface area (Å²) in [5.41, 5.74) is 5.36. The molecular weight excluding hydrogens is 176 g/mol. The fourth-order valence-corrected chi connectivity index (χ4v) is 0.742. The van der Waals surface area contributed by atoms with Crippen molar-refractivity contribution in [2.75, 3.05) is 12.3 Å². The maximum atomic E-state index is 11.0. The van der Waals surface area contributed by atoms with E-state index in [0.29, 0.717) is 18.7 Å². The number of carbonyl (C=O) groups excluding carboxylic acids is 2. The van der Waals surface area contributed by atoms with Crippen molar-refractivity contribution in [1.29, 1.82) is 0 Å². The first-order chi connectivity index (χ1) is 5.57. The molecule has 0 aromatic heterocycles. The van der Waals surface area contributed by atoms with Crippen LogP contribution in [-0.2, 0) is 9.59 Å². The molecule has 0 heterocycles. The monoisotopic (exact) mass is 190 g/mol. The highest BCUT2D eigenvalue weighted by Gasteiger charge is 2.09. The molecule has 0 spiro atoms. The number of hydrogen-bond acceptors (Lipinski definition) is 4. The Morgan fingerprint density at radius 3 is 2.58 bits per heavy atom. The molecule has 0 rings (SSSR count). The van der Waals surface area contributed by atoms with Crippen molar-refractivity contribution in [3.8, 4) is 0 Å². The molecule has 1 atom stereocenters. The van der Waals surface area contributed by atoms with Crippen molar-refractivity contribution < 1.29 is 9.59 Å². The molecule has 0 bridgehead atoms. The Bertz CT molecular complexity index is 173. The zero-order valence-electron chi connectivity index (χ0n) is 7.04. The molecule has 70 valence electrons. The summed E-state index contributed by atoms with van der Waals surface area (Å²) in [6, 6.07) is -0.583. The summed E-state index contributed by atoms with van der Waals surface area (Å²) in [7, 11) is 0. The van der Waals surface area contributed by atoms with Gasteiger partial charge in [0.25, 0.3) is 0 Å². The molecular formula is C7H14N2O2S. The lowest BCUT2D eigenvalue weighted by atomic mass is 10.3. The Hall–Kier alpha value is -0.550. The van der Waals surface area contributed by atoms with E-state index in [9.17, 15) is 9.59 Å². The number of rotatable bonds is 5. The van der Waals surface area contributed by atoms with Crippen LogP contribution in [0, 0.1) is 0 Å². The van der Waals surface area contributed by atoms with E-state index in [1.165, 1.54) is 6.92 Å². The van der Waals surface area contributed by atoms with Gasteiger partial charge in [-0.15, -0.1) is 0 Å². The molecule has 1 amide bonds. The van der Waals surface area contributed by atoms with E-state index in [2.05, 4.69) is 17.9 Å².